The molecule has 1 heterocycles. The highest BCUT2D eigenvalue weighted by molar-refractivity contribution is 7.80. The Bertz CT molecular complexity index is 598. The summed E-state index contributed by atoms with van der Waals surface area (Å²) in [4.78, 5) is 4.07. The molecule has 1 aromatic heterocycles. The van der Waals surface area contributed by atoms with E-state index in [9.17, 15) is 0 Å². The normalized spacial score (nSPS) is 17.1. The highest BCUT2D eigenvalue weighted by Gasteiger charge is 2.20. The Morgan fingerprint density at radius 1 is 1.20 bits per heavy atom. The zero-order valence-corrected chi connectivity index (χ0v) is 12.0. The molecule has 1 aliphatic carbocycles. The average Bonchev–Trinajstić information content (AvgIpc) is 2.48. The number of nitrogens with zero attached hydrogens (tertiary/aromatic N) is 1. The van der Waals surface area contributed by atoms with Crippen molar-refractivity contribution in [1.29, 1.82) is 0 Å². The molecule has 4 heteroatoms. The van der Waals surface area contributed by atoms with Crippen molar-refractivity contribution in [2.45, 2.75) is 25.3 Å². The Morgan fingerprint density at radius 3 is 2.95 bits per heavy atom. The van der Waals surface area contributed by atoms with Gasteiger partial charge in [0.25, 0.3) is 0 Å². The number of benzene rings is 1. The number of pyridine rings is 1. The standard InChI is InChI=1S/C16H17N3S/c20-16(18-13-7-4-10-17-11-13)19-15-9-3-6-12-5-1-2-8-14(12)15/h1-2,4-5,7-8,10-11,15H,3,6,9H2,(H2,18,19,20). The van der Waals surface area contributed by atoms with Crippen molar-refractivity contribution in [3.8, 4) is 0 Å². The summed E-state index contributed by atoms with van der Waals surface area (Å²) >= 11 is 5.40. The lowest BCUT2D eigenvalue weighted by Gasteiger charge is -2.27. The third-order valence-electron chi connectivity index (χ3n) is 3.59. The van der Waals surface area contributed by atoms with Crippen molar-refractivity contribution >= 4 is 23.0 Å². The first kappa shape index (κ1) is 13.1. The predicted molar refractivity (Wildman–Crippen MR) is 85.7 cm³/mol. The van der Waals surface area contributed by atoms with Crippen LogP contribution in [0.1, 0.15) is 30.0 Å². The molecule has 2 aromatic rings. The summed E-state index contributed by atoms with van der Waals surface area (Å²) in [5, 5.41) is 7.25. The lowest BCUT2D eigenvalue weighted by Crippen LogP contribution is -2.34. The molecule has 1 unspecified atom stereocenters. The summed E-state index contributed by atoms with van der Waals surface area (Å²) in [6.07, 6.45) is 7.00. The van der Waals surface area contributed by atoms with Gasteiger partial charge in [0.05, 0.1) is 17.9 Å². The smallest absolute Gasteiger partial charge is 0.171 e. The molecule has 0 saturated heterocycles. The monoisotopic (exact) mass is 283 g/mol. The number of aryl methyl sites for hydroxylation is 1. The summed E-state index contributed by atoms with van der Waals surface area (Å²) in [5.74, 6) is 0. The maximum atomic E-state index is 5.40. The molecule has 0 radical (unpaired) electrons. The Balaban J connectivity index is 1.68. The van der Waals surface area contributed by atoms with Crippen LogP contribution in [-0.2, 0) is 6.42 Å². The second kappa shape index (κ2) is 6.01. The van der Waals surface area contributed by atoms with Crippen molar-refractivity contribution in [2.24, 2.45) is 0 Å². The first-order chi connectivity index (χ1) is 9.83. The molecule has 1 aliphatic rings. The Labute approximate surface area is 124 Å². The lowest BCUT2D eigenvalue weighted by molar-refractivity contribution is 0.529. The first-order valence-corrected chi connectivity index (χ1v) is 7.29. The van der Waals surface area contributed by atoms with E-state index in [0.29, 0.717) is 11.2 Å². The quantitative estimate of drug-likeness (QED) is 0.828. The SMILES string of the molecule is S=C(Nc1cccnc1)NC1CCCc2ccccc21. The molecule has 0 saturated carbocycles. The molecule has 0 aliphatic heterocycles. The van der Waals surface area contributed by atoms with E-state index in [1.807, 2.05) is 12.1 Å². The summed E-state index contributed by atoms with van der Waals surface area (Å²) < 4.78 is 0. The predicted octanol–water partition coefficient (Wildman–Crippen LogP) is 3.45. The van der Waals surface area contributed by atoms with Crippen LogP contribution in [0.5, 0.6) is 0 Å². The van der Waals surface area contributed by atoms with Gasteiger partial charge in [-0.05, 0) is 54.7 Å². The van der Waals surface area contributed by atoms with Gasteiger partial charge >= 0.3 is 0 Å². The molecule has 2 N–H and O–H groups in total. The van der Waals surface area contributed by atoms with E-state index in [-0.39, 0.29) is 0 Å². The fourth-order valence-corrected chi connectivity index (χ4v) is 2.93. The molecule has 1 atom stereocenters. The molecule has 20 heavy (non-hydrogen) atoms. The summed E-state index contributed by atoms with van der Waals surface area (Å²) in [7, 11) is 0. The van der Waals surface area contributed by atoms with E-state index >= 15 is 0 Å². The fourth-order valence-electron chi connectivity index (χ4n) is 2.67. The van der Waals surface area contributed by atoms with Gasteiger partial charge in [-0.15, -0.1) is 0 Å². The van der Waals surface area contributed by atoms with Gasteiger partial charge in [0.2, 0.25) is 0 Å². The maximum Gasteiger partial charge on any atom is 0.171 e. The van der Waals surface area contributed by atoms with Gasteiger partial charge < -0.3 is 10.6 Å². The maximum absolute atomic E-state index is 5.40. The minimum Gasteiger partial charge on any atom is -0.356 e. The summed E-state index contributed by atoms with van der Waals surface area (Å²) in [5.41, 5.74) is 3.71. The van der Waals surface area contributed by atoms with Crippen LogP contribution in [0.4, 0.5) is 5.69 Å². The average molecular weight is 283 g/mol. The number of hydrogen-bond acceptors (Lipinski definition) is 2. The minimum atomic E-state index is 0.302. The molecule has 0 bridgehead atoms. The summed E-state index contributed by atoms with van der Waals surface area (Å²) in [6, 6.07) is 12.7. The van der Waals surface area contributed by atoms with E-state index in [1.165, 1.54) is 17.5 Å². The third kappa shape index (κ3) is 2.96. The third-order valence-corrected chi connectivity index (χ3v) is 3.81. The minimum absolute atomic E-state index is 0.302. The van der Waals surface area contributed by atoms with Crippen LogP contribution < -0.4 is 10.6 Å². The van der Waals surface area contributed by atoms with Gasteiger partial charge in [0.15, 0.2) is 5.11 Å². The number of hydrogen-bond donors (Lipinski definition) is 2. The van der Waals surface area contributed by atoms with E-state index in [4.69, 9.17) is 12.2 Å². The van der Waals surface area contributed by atoms with Gasteiger partial charge in [-0.3, -0.25) is 4.98 Å². The highest BCUT2D eigenvalue weighted by Crippen LogP contribution is 2.29. The number of aromatic nitrogens is 1. The first-order valence-electron chi connectivity index (χ1n) is 6.88. The number of anilines is 1. The van der Waals surface area contributed by atoms with Crippen molar-refractivity contribution in [3.63, 3.8) is 0 Å². The van der Waals surface area contributed by atoms with Crippen molar-refractivity contribution in [1.82, 2.24) is 10.3 Å². The van der Waals surface area contributed by atoms with Crippen LogP contribution in [0.25, 0.3) is 0 Å². The van der Waals surface area contributed by atoms with E-state index in [0.717, 1.165) is 18.5 Å². The number of thiocarbonyl (C=S) groups is 1. The van der Waals surface area contributed by atoms with Crippen LogP contribution >= 0.6 is 12.2 Å². The topological polar surface area (TPSA) is 37.0 Å². The van der Waals surface area contributed by atoms with Gasteiger partial charge in [-0.2, -0.15) is 0 Å². The van der Waals surface area contributed by atoms with Gasteiger partial charge in [-0.1, -0.05) is 24.3 Å². The van der Waals surface area contributed by atoms with Crippen LogP contribution in [0.2, 0.25) is 0 Å². The Hall–Kier alpha value is -1.94. The fraction of sp³-hybridized carbons (Fsp3) is 0.250. The zero-order chi connectivity index (χ0) is 13.8. The van der Waals surface area contributed by atoms with Gasteiger partial charge in [0.1, 0.15) is 0 Å². The van der Waals surface area contributed by atoms with Crippen LogP contribution in [0.3, 0.4) is 0 Å². The lowest BCUT2D eigenvalue weighted by atomic mass is 9.88. The molecular formula is C16H17N3S. The summed E-state index contributed by atoms with van der Waals surface area (Å²) in [6.45, 7) is 0. The van der Waals surface area contributed by atoms with E-state index in [1.54, 1.807) is 12.4 Å². The number of rotatable bonds is 2. The molecule has 0 fully saturated rings. The van der Waals surface area contributed by atoms with E-state index in [2.05, 4.69) is 39.9 Å². The highest BCUT2D eigenvalue weighted by atomic mass is 32.1. The molecule has 0 amide bonds. The number of fused-ring (bicyclic) bond motifs is 1. The zero-order valence-electron chi connectivity index (χ0n) is 11.2. The Morgan fingerprint density at radius 2 is 2.10 bits per heavy atom. The second-order valence-electron chi connectivity index (χ2n) is 4.98. The van der Waals surface area contributed by atoms with Crippen molar-refractivity contribution in [3.05, 3.63) is 59.9 Å². The molecule has 3 rings (SSSR count). The van der Waals surface area contributed by atoms with Gasteiger partial charge in [-0.25, -0.2) is 0 Å². The molecule has 0 spiro atoms. The second-order valence-corrected chi connectivity index (χ2v) is 5.39. The largest absolute Gasteiger partial charge is 0.356 e. The Kier molecular flexibility index (Phi) is 3.92. The van der Waals surface area contributed by atoms with Crippen molar-refractivity contribution < 1.29 is 0 Å². The van der Waals surface area contributed by atoms with Gasteiger partial charge in [0, 0.05) is 6.20 Å². The van der Waals surface area contributed by atoms with Crippen LogP contribution in [0, 0.1) is 0 Å². The molecule has 1 aromatic carbocycles. The molecule has 102 valence electrons. The van der Waals surface area contributed by atoms with Crippen molar-refractivity contribution in [2.75, 3.05) is 5.32 Å². The molecular weight excluding hydrogens is 266 g/mol. The number of nitrogens with one attached hydrogen (secondary N) is 2. The van der Waals surface area contributed by atoms with E-state index < -0.39 is 0 Å². The molecule has 3 nitrogen and oxygen atoms in total. The van der Waals surface area contributed by atoms with Crippen LogP contribution in [0.15, 0.2) is 48.8 Å². The van der Waals surface area contributed by atoms with Crippen LogP contribution in [-0.4, -0.2) is 10.1 Å².